The fraction of sp³-hybridized carbons (Fsp3) is 0.800. The van der Waals surface area contributed by atoms with Crippen LogP contribution in [0.2, 0.25) is 0 Å². The van der Waals surface area contributed by atoms with Crippen LogP contribution in [0.1, 0.15) is 46.5 Å². The van der Waals surface area contributed by atoms with E-state index in [1.54, 1.807) is 7.11 Å². The highest BCUT2D eigenvalue weighted by Crippen LogP contribution is 2.32. The molecule has 5 unspecified atom stereocenters. The molecule has 0 radical (unpaired) electrons. The molecule has 0 saturated carbocycles. The van der Waals surface area contributed by atoms with E-state index in [2.05, 4.69) is 28.2 Å². The number of hydrogen-bond acceptors (Lipinski definition) is 5. The first-order valence-electron chi connectivity index (χ1n) is 10.2. The smallest absolute Gasteiger partial charge is 0.247 e. The summed E-state index contributed by atoms with van der Waals surface area (Å²) in [5.41, 5.74) is 1.70. The van der Waals surface area contributed by atoms with Crippen LogP contribution in [-0.2, 0) is 14.3 Å². The molecule has 0 aromatic rings. The van der Waals surface area contributed by atoms with Crippen LogP contribution in [0.3, 0.4) is 0 Å². The molecule has 0 bridgehead atoms. The summed E-state index contributed by atoms with van der Waals surface area (Å²) in [6.45, 7) is 7.96. The number of hydrogen-bond donors (Lipinski definition) is 4. The molecule has 3 aliphatic heterocycles. The fourth-order valence-electron chi connectivity index (χ4n) is 4.88. The van der Waals surface area contributed by atoms with Crippen molar-refractivity contribution in [3.8, 4) is 0 Å². The van der Waals surface area contributed by atoms with Gasteiger partial charge < -0.3 is 20.7 Å². The first-order chi connectivity index (χ1) is 12.9. The van der Waals surface area contributed by atoms with E-state index in [0.717, 1.165) is 37.9 Å². The van der Waals surface area contributed by atoms with Crippen molar-refractivity contribution in [1.82, 2.24) is 21.3 Å². The Bertz CT molecular complexity index is 598. The zero-order valence-electron chi connectivity index (χ0n) is 16.9. The molecular formula is C20H34N4O3. The summed E-state index contributed by atoms with van der Waals surface area (Å²) in [6, 6.07) is 0.559. The molecule has 0 aromatic carbocycles. The van der Waals surface area contributed by atoms with Gasteiger partial charge in [-0.15, -0.1) is 0 Å². The minimum Gasteiger partial charge on any atom is -0.367 e. The third-order valence-corrected chi connectivity index (χ3v) is 6.59. The fourth-order valence-corrected chi connectivity index (χ4v) is 4.88. The van der Waals surface area contributed by atoms with Crippen molar-refractivity contribution in [3.05, 3.63) is 11.1 Å². The maximum atomic E-state index is 12.6. The molecule has 4 N–H and O–H groups in total. The Morgan fingerprint density at radius 2 is 2.07 bits per heavy atom. The highest BCUT2D eigenvalue weighted by Gasteiger charge is 2.39. The molecule has 2 amide bonds. The third kappa shape index (κ3) is 4.52. The van der Waals surface area contributed by atoms with Crippen molar-refractivity contribution in [1.29, 1.82) is 0 Å². The molecule has 7 nitrogen and oxygen atoms in total. The number of carbonyl (C=O) groups excluding carboxylic acids is 2. The number of fused-ring (bicyclic) bond motifs is 1. The molecule has 27 heavy (non-hydrogen) atoms. The number of amides is 2. The van der Waals surface area contributed by atoms with E-state index in [1.807, 2.05) is 13.8 Å². The normalized spacial score (nSPS) is 35.3. The lowest BCUT2D eigenvalue weighted by Crippen LogP contribution is -2.57. The SMILES string of the molecule is COC1CCC([C@H](C)NC(=O)CC2=C(C)C3C(C)NCCC3NC2=O)CN1. The van der Waals surface area contributed by atoms with Crippen LogP contribution in [0, 0.1) is 11.8 Å². The summed E-state index contributed by atoms with van der Waals surface area (Å²) in [5.74, 6) is 0.497. The topological polar surface area (TPSA) is 91.5 Å². The van der Waals surface area contributed by atoms with Gasteiger partial charge in [0.2, 0.25) is 11.8 Å². The van der Waals surface area contributed by atoms with Crippen LogP contribution in [0.15, 0.2) is 11.1 Å². The van der Waals surface area contributed by atoms with Gasteiger partial charge in [0.25, 0.3) is 0 Å². The summed E-state index contributed by atoms with van der Waals surface area (Å²) >= 11 is 0. The van der Waals surface area contributed by atoms with Gasteiger partial charge in [0.1, 0.15) is 6.23 Å². The van der Waals surface area contributed by atoms with Gasteiger partial charge in [-0.25, -0.2) is 0 Å². The highest BCUT2D eigenvalue weighted by atomic mass is 16.5. The van der Waals surface area contributed by atoms with Crippen molar-refractivity contribution in [3.63, 3.8) is 0 Å². The molecular weight excluding hydrogens is 344 g/mol. The quantitative estimate of drug-likeness (QED) is 0.564. The van der Waals surface area contributed by atoms with E-state index >= 15 is 0 Å². The van der Waals surface area contributed by atoms with Gasteiger partial charge in [0, 0.05) is 43.3 Å². The second kappa shape index (κ2) is 8.71. The van der Waals surface area contributed by atoms with Crippen LogP contribution in [-0.4, -0.2) is 56.4 Å². The second-order valence-electron chi connectivity index (χ2n) is 8.30. The molecule has 0 aromatic heterocycles. The van der Waals surface area contributed by atoms with Gasteiger partial charge in [-0.05, 0) is 52.5 Å². The first kappa shape index (κ1) is 20.3. The Morgan fingerprint density at radius 3 is 2.74 bits per heavy atom. The van der Waals surface area contributed by atoms with Gasteiger partial charge >= 0.3 is 0 Å². The van der Waals surface area contributed by atoms with Crippen molar-refractivity contribution >= 4 is 11.8 Å². The number of ether oxygens (including phenoxy) is 1. The monoisotopic (exact) mass is 378 g/mol. The molecule has 3 aliphatic rings. The zero-order valence-corrected chi connectivity index (χ0v) is 16.9. The lowest BCUT2D eigenvalue weighted by atomic mass is 9.76. The molecule has 152 valence electrons. The van der Waals surface area contributed by atoms with Crippen LogP contribution in [0.25, 0.3) is 0 Å². The average molecular weight is 379 g/mol. The largest absolute Gasteiger partial charge is 0.367 e. The van der Waals surface area contributed by atoms with E-state index in [1.165, 1.54) is 0 Å². The zero-order chi connectivity index (χ0) is 19.6. The molecule has 3 rings (SSSR count). The Kier molecular flexibility index (Phi) is 6.55. The lowest BCUT2D eigenvalue weighted by molar-refractivity contribution is -0.125. The summed E-state index contributed by atoms with van der Waals surface area (Å²) in [7, 11) is 1.71. The molecule has 0 aliphatic carbocycles. The van der Waals surface area contributed by atoms with Gasteiger partial charge in [-0.3, -0.25) is 14.9 Å². The molecule has 3 heterocycles. The van der Waals surface area contributed by atoms with Crippen molar-refractivity contribution < 1.29 is 14.3 Å². The summed E-state index contributed by atoms with van der Waals surface area (Å²) in [5, 5.41) is 13.1. The minimum absolute atomic E-state index is 0.0679. The Morgan fingerprint density at radius 1 is 1.30 bits per heavy atom. The van der Waals surface area contributed by atoms with Crippen LogP contribution in [0.4, 0.5) is 0 Å². The van der Waals surface area contributed by atoms with Crippen LogP contribution < -0.4 is 21.3 Å². The number of methoxy groups -OCH3 is 1. The number of piperidine rings is 2. The predicted octanol–water partition coefficient (Wildman–Crippen LogP) is 0.666. The Hall–Kier alpha value is -1.44. The average Bonchev–Trinajstić information content (AvgIpc) is 2.65. The van der Waals surface area contributed by atoms with Gasteiger partial charge in [-0.1, -0.05) is 5.57 Å². The Balaban J connectivity index is 1.59. The molecule has 7 heteroatoms. The van der Waals surface area contributed by atoms with E-state index in [-0.39, 0.29) is 42.5 Å². The molecule has 6 atom stereocenters. The van der Waals surface area contributed by atoms with E-state index in [0.29, 0.717) is 17.5 Å². The van der Waals surface area contributed by atoms with Gasteiger partial charge in [-0.2, -0.15) is 0 Å². The number of nitrogens with one attached hydrogen (secondary N) is 4. The predicted molar refractivity (Wildman–Crippen MR) is 104 cm³/mol. The van der Waals surface area contributed by atoms with Crippen LogP contribution in [0.5, 0.6) is 0 Å². The first-order valence-corrected chi connectivity index (χ1v) is 10.2. The molecule has 0 spiro atoms. The van der Waals surface area contributed by atoms with Gasteiger partial charge in [0.15, 0.2) is 0 Å². The Labute approximate surface area is 162 Å². The summed E-state index contributed by atoms with van der Waals surface area (Å²) < 4.78 is 5.32. The van der Waals surface area contributed by atoms with E-state index in [9.17, 15) is 9.59 Å². The molecule has 2 fully saturated rings. The minimum atomic E-state index is -0.0760. The summed E-state index contributed by atoms with van der Waals surface area (Å²) in [4.78, 5) is 25.2. The van der Waals surface area contributed by atoms with Crippen molar-refractivity contribution in [2.75, 3.05) is 20.2 Å². The maximum Gasteiger partial charge on any atom is 0.247 e. The van der Waals surface area contributed by atoms with Crippen molar-refractivity contribution in [2.45, 2.75) is 70.8 Å². The van der Waals surface area contributed by atoms with Crippen LogP contribution >= 0.6 is 0 Å². The maximum absolute atomic E-state index is 12.6. The van der Waals surface area contributed by atoms with E-state index < -0.39 is 0 Å². The lowest BCUT2D eigenvalue weighted by Gasteiger charge is -2.42. The summed E-state index contributed by atoms with van der Waals surface area (Å²) in [6.07, 6.45) is 3.16. The number of carbonyl (C=O) groups is 2. The van der Waals surface area contributed by atoms with Crippen molar-refractivity contribution in [2.24, 2.45) is 11.8 Å². The van der Waals surface area contributed by atoms with E-state index in [4.69, 9.17) is 4.74 Å². The third-order valence-electron chi connectivity index (χ3n) is 6.59. The second-order valence-corrected chi connectivity index (χ2v) is 8.30. The molecule has 2 saturated heterocycles. The number of rotatable bonds is 5. The van der Waals surface area contributed by atoms with Gasteiger partial charge in [0.05, 0.1) is 6.42 Å². The highest BCUT2D eigenvalue weighted by molar-refractivity contribution is 6.00. The standard InChI is InChI=1S/C20H34N4O3/c1-11-15(20(26)24-16-7-8-21-13(3)19(11)16)9-17(25)23-12(2)14-5-6-18(27-4)22-10-14/h12-14,16,18-19,21-22H,5-10H2,1-4H3,(H,23,25)(H,24,26)/t12-,13?,14?,16?,18?,19?/m0/s1.